The molecule has 0 fully saturated rings. The van der Waals surface area contributed by atoms with Crippen molar-refractivity contribution in [1.29, 1.82) is 0 Å². The summed E-state index contributed by atoms with van der Waals surface area (Å²) in [5, 5.41) is 24.1. The number of carbonyl (C=O) groups excluding carboxylic acids is 1. The largest absolute Gasteiger partial charge is 0.506 e. The SMILES string of the molecule is CCCC(C)Cc1c(-c2ccc(O)c(Cl)c2)c(C(=O)NC)c(CCc2ccc(Cl)cc2)n1CO. The lowest BCUT2D eigenvalue weighted by atomic mass is 9.93. The van der Waals surface area contributed by atoms with Crippen molar-refractivity contribution in [2.45, 2.75) is 52.7 Å². The predicted molar refractivity (Wildman–Crippen MR) is 139 cm³/mol. The lowest BCUT2D eigenvalue weighted by Crippen LogP contribution is -2.20. The van der Waals surface area contributed by atoms with Gasteiger partial charge in [-0.15, -0.1) is 0 Å². The van der Waals surface area contributed by atoms with Crippen LogP contribution in [0.4, 0.5) is 0 Å². The van der Waals surface area contributed by atoms with Crippen LogP contribution in [0.25, 0.3) is 11.1 Å². The number of aliphatic hydroxyl groups excluding tert-OH is 1. The Morgan fingerprint density at radius 2 is 1.79 bits per heavy atom. The molecule has 0 spiro atoms. The molecule has 182 valence electrons. The molecule has 1 aromatic heterocycles. The molecule has 1 atom stereocenters. The van der Waals surface area contributed by atoms with E-state index in [-0.39, 0.29) is 23.4 Å². The maximum absolute atomic E-state index is 13.2. The molecule has 3 rings (SSSR count). The van der Waals surface area contributed by atoms with Gasteiger partial charge in [-0.3, -0.25) is 4.79 Å². The third-order valence-corrected chi connectivity index (χ3v) is 6.75. The van der Waals surface area contributed by atoms with Crippen LogP contribution in [0.1, 0.15) is 54.0 Å². The number of hydrogen-bond acceptors (Lipinski definition) is 3. The van der Waals surface area contributed by atoms with Crippen molar-refractivity contribution < 1.29 is 15.0 Å². The van der Waals surface area contributed by atoms with Crippen LogP contribution in [0.5, 0.6) is 5.75 Å². The van der Waals surface area contributed by atoms with Crippen molar-refractivity contribution >= 4 is 29.1 Å². The Bertz CT molecular complexity index is 1140. The number of aliphatic hydroxyl groups is 1. The second-order valence-corrected chi connectivity index (χ2v) is 9.53. The number of aromatic nitrogens is 1. The lowest BCUT2D eigenvalue weighted by molar-refractivity contribution is 0.0962. The highest BCUT2D eigenvalue weighted by Crippen LogP contribution is 2.38. The first-order valence-electron chi connectivity index (χ1n) is 11.6. The third-order valence-electron chi connectivity index (χ3n) is 6.20. The number of phenols is 1. The van der Waals surface area contributed by atoms with E-state index < -0.39 is 0 Å². The Morgan fingerprint density at radius 3 is 2.38 bits per heavy atom. The van der Waals surface area contributed by atoms with Crippen molar-refractivity contribution in [3.05, 3.63) is 75.0 Å². The Morgan fingerprint density at radius 1 is 1.09 bits per heavy atom. The van der Waals surface area contributed by atoms with Crippen molar-refractivity contribution in [2.75, 3.05) is 7.05 Å². The van der Waals surface area contributed by atoms with E-state index in [1.165, 1.54) is 6.07 Å². The molecule has 3 N–H and O–H groups in total. The summed E-state index contributed by atoms with van der Waals surface area (Å²) < 4.78 is 1.86. The van der Waals surface area contributed by atoms with E-state index in [2.05, 4.69) is 19.2 Å². The van der Waals surface area contributed by atoms with Gasteiger partial charge in [-0.1, -0.05) is 68.1 Å². The zero-order valence-corrected chi connectivity index (χ0v) is 21.4. The minimum atomic E-state index is -0.236. The fraction of sp³-hybridized carbons (Fsp3) is 0.370. The second-order valence-electron chi connectivity index (χ2n) is 8.68. The van der Waals surface area contributed by atoms with E-state index in [1.807, 2.05) is 28.8 Å². The molecule has 0 saturated heterocycles. The van der Waals surface area contributed by atoms with Crippen molar-refractivity contribution in [2.24, 2.45) is 5.92 Å². The molecule has 7 heteroatoms. The van der Waals surface area contributed by atoms with Gasteiger partial charge in [0, 0.05) is 29.0 Å². The molecule has 0 bridgehead atoms. The summed E-state index contributed by atoms with van der Waals surface area (Å²) in [6.45, 7) is 4.09. The van der Waals surface area contributed by atoms with Crippen LogP contribution in [-0.4, -0.2) is 27.7 Å². The molecule has 1 heterocycles. The van der Waals surface area contributed by atoms with E-state index in [1.54, 1.807) is 19.2 Å². The molecule has 0 aliphatic heterocycles. The van der Waals surface area contributed by atoms with Crippen LogP contribution in [0, 0.1) is 5.92 Å². The van der Waals surface area contributed by atoms with E-state index in [9.17, 15) is 15.0 Å². The van der Waals surface area contributed by atoms with Gasteiger partial charge in [-0.25, -0.2) is 0 Å². The summed E-state index contributed by atoms with van der Waals surface area (Å²) in [5.74, 6) is 0.123. The fourth-order valence-corrected chi connectivity index (χ4v) is 4.85. The van der Waals surface area contributed by atoms with Gasteiger partial charge in [-0.05, 0) is 60.6 Å². The zero-order valence-electron chi connectivity index (χ0n) is 19.9. The number of amides is 1. The van der Waals surface area contributed by atoms with Crippen LogP contribution in [-0.2, 0) is 26.0 Å². The number of halogens is 2. The number of rotatable bonds is 10. The van der Waals surface area contributed by atoms with Gasteiger partial charge >= 0.3 is 0 Å². The van der Waals surface area contributed by atoms with E-state index >= 15 is 0 Å². The summed E-state index contributed by atoms with van der Waals surface area (Å²) in [5.41, 5.74) is 4.79. The number of hydrogen-bond donors (Lipinski definition) is 3. The van der Waals surface area contributed by atoms with Crippen LogP contribution < -0.4 is 5.32 Å². The van der Waals surface area contributed by atoms with Gasteiger partial charge in [0.1, 0.15) is 12.5 Å². The minimum absolute atomic E-state index is 0.0163. The molecule has 1 unspecified atom stereocenters. The van der Waals surface area contributed by atoms with Crippen LogP contribution in [0.15, 0.2) is 42.5 Å². The van der Waals surface area contributed by atoms with Gasteiger partial charge in [0.25, 0.3) is 5.91 Å². The van der Waals surface area contributed by atoms with E-state index in [0.717, 1.165) is 40.9 Å². The molecule has 0 radical (unpaired) electrons. The Labute approximate surface area is 211 Å². The molecule has 0 saturated carbocycles. The average molecular weight is 503 g/mol. The lowest BCUT2D eigenvalue weighted by Gasteiger charge is -2.16. The quantitative estimate of drug-likeness (QED) is 0.307. The number of aromatic hydroxyl groups is 1. The van der Waals surface area contributed by atoms with Crippen LogP contribution in [0.2, 0.25) is 10.0 Å². The van der Waals surface area contributed by atoms with E-state index in [0.29, 0.717) is 35.8 Å². The van der Waals surface area contributed by atoms with Gasteiger partial charge in [-0.2, -0.15) is 0 Å². The van der Waals surface area contributed by atoms with Crippen molar-refractivity contribution in [3.8, 4) is 16.9 Å². The number of phenolic OH excluding ortho intramolecular Hbond substituents is 1. The maximum atomic E-state index is 13.2. The standard InChI is InChI=1S/C27H32Cl2N2O3/c1-4-5-17(2)14-23-25(19-9-13-24(33)21(29)15-19)26(27(34)30-3)22(31(23)16-32)12-8-18-6-10-20(28)11-7-18/h6-7,9-11,13,15,17,32-33H,4-5,8,12,14,16H2,1-3H3,(H,30,34). The number of nitrogens with one attached hydrogen (secondary N) is 1. The summed E-state index contributed by atoms with van der Waals surface area (Å²) in [6.07, 6.45) is 4.03. The van der Waals surface area contributed by atoms with Gasteiger partial charge in [0.05, 0.1) is 10.6 Å². The summed E-state index contributed by atoms with van der Waals surface area (Å²) in [4.78, 5) is 13.2. The third kappa shape index (κ3) is 5.77. The summed E-state index contributed by atoms with van der Waals surface area (Å²) >= 11 is 12.3. The highest BCUT2D eigenvalue weighted by atomic mass is 35.5. The molecule has 34 heavy (non-hydrogen) atoms. The van der Waals surface area contributed by atoms with Crippen LogP contribution in [0.3, 0.4) is 0 Å². The molecule has 0 aliphatic carbocycles. The minimum Gasteiger partial charge on any atom is -0.506 e. The molecule has 0 aliphatic rings. The summed E-state index contributed by atoms with van der Waals surface area (Å²) in [7, 11) is 1.61. The monoisotopic (exact) mass is 502 g/mol. The number of aryl methyl sites for hydroxylation is 1. The zero-order chi connectivity index (χ0) is 24.8. The molecule has 5 nitrogen and oxygen atoms in total. The molecular formula is C27H32Cl2N2O3. The molecule has 1 amide bonds. The molecular weight excluding hydrogens is 471 g/mol. The maximum Gasteiger partial charge on any atom is 0.253 e. The van der Waals surface area contributed by atoms with Gasteiger partial charge < -0.3 is 20.1 Å². The number of carbonyl (C=O) groups is 1. The second kappa shape index (κ2) is 11.8. The predicted octanol–water partition coefficient (Wildman–Crippen LogP) is 6.24. The smallest absolute Gasteiger partial charge is 0.253 e. The highest BCUT2D eigenvalue weighted by molar-refractivity contribution is 6.32. The average Bonchev–Trinajstić information content (AvgIpc) is 3.12. The van der Waals surface area contributed by atoms with Crippen molar-refractivity contribution in [3.63, 3.8) is 0 Å². The van der Waals surface area contributed by atoms with Gasteiger partial charge in [0.15, 0.2) is 0 Å². The Hall–Kier alpha value is -2.47. The number of benzene rings is 2. The molecule has 2 aromatic carbocycles. The highest BCUT2D eigenvalue weighted by Gasteiger charge is 2.28. The van der Waals surface area contributed by atoms with Gasteiger partial charge in [0.2, 0.25) is 0 Å². The first kappa shape index (κ1) is 26.1. The Kier molecular flexibility index (Phi) is 9.06. The van der Waals surface area contributed by atoms with Crippen molar-refractivity contribution in [1.82, 2.24) is 9.88 Å². The van der Waals surface area contributed by atoms with E-state index in [4.69, 9.17) is 23.2 Å². The van der Waals surface area contributed by atoms with Crippen LogP contribution >= 0.6 is 23.2 Å². The Balaban J connectivity index is 2.21. The topological polar surface area (TPSA) is 74.5 Å². The first-order chi connectivity index (χ1) is 16.3. The fourth-order valence-electron chi connectivity index (χ4n) is 4.55. The molecule has 3 aromatic rings. The normalized spacial score (nSPS) is 12.1. The number of nitrogens with zero attached hydrogens (tertiary/aromatic N) is 1. The summed E-state index contributed by atoms with van der Waals surface area (Å²) in [6, 6.07) is 12.6. The first-order valence-corrected chi connectivity index (χ1v) is 12.4.